The first-order chi connectivity index (χ1) is 12.4. The molecule has 0 radical (unpaired) electrons. The molecule has 0 aliphatic rings. The van der Waals surface area contributed by atoms with Crippen molar-refractivity contribution in [3.8, 4) is 11.5 Å². The molecule has 1 N–H and O–H groups in total. The Hall–Kier alpha value is -2.15. The van der Waals surface area contributed by atoms with E-state index >= 15 is 0 Å². The number of nitrogens with one attached hydrogen (secondary N) is 1. The molecule has 0 atom stereocenters. The molecule has 2 rings (SSSR count). The number of hydrogen-bond acceptors (Lipinski definition) is 5. The molecule has 0 saturated heterocycles. The van der Waals surface area contributed by atoms with Crippen molar-refractivity contribution in [2.24, 2.45) is 0 Å². The third kappa shape index (κ3) is 4.72. The van der Waals surface area contributed by atoms with Gasteiger partial charge in [-0.3, -0.25) is 4.79 Å². The average Bonchev–Trinajstić information content (AvgIpc) is 2.63. The third-order valence-corrected chi connectivity index (χ3v) is 4.28. The van der Waals surface area contributed by atoms with Crippen LogP contribution in [0.2, 0.25) is 15.1 Å². The van der Waals surface area contributed by atoms with E-state index in [-0.39, 0.29) is 32.1 Å². The predicted molar refractivity (Wildman–Crippen MR) is 99.9 cm³/mol. The van der Waals surface area contributed by atoms with Crippen molar-refractivity contribution in [1.29, 1.82) is 0 Å². The van der Waals surface area contributed by atoms with Gasteiger partial charge in [0.15, 0.2) is 18.1 Å². The van der Waals surface area contributed by atoms with Gasteiger partial charge in [-0.1, -0.05) is 40.9 Å². The lowest BCUT2D eigenvalue weighted by Crippen LogP contribution is -2.21. The van der Waals surface area contributed by atoms with Crippen LogP contribution in [-0.2, 0) is 9.53 Å². The highest BCUT2D eigenvalue weighted by atomic mass is 35.5. The van der Waals surface area contributed by atoms with E-state index < -0.39 is 18.5 Å². The van der Waals surface area contributed by atoms with Crippen molar-refractivity contribution in [3.63, 3.8) is 0 Å². The van der Waals surface area contributed by atoms with Gasteiger partial charge in [-0.2, -0.15) is 0 Å². The quantitative estimate of drug-likeness (QED) is 0.554. The molecule has 2 aromatic rings. The number of halogens is 3. The fourth-order valence-corrected chi connectivity index (χ4v) is 2.66. The number of amides is 1. The van der Waals surface area contributed by atoms with Gasteiger partial charge in [0.2, 0.25) is 0 Å². The van der Waals surface area contributed by atoms with Crippen LogP contribution in [0.3, 0.4) is 0 Å². The summed E-state index contributed by atoms with van der Waals surface area (Å²) in [6.45, 7) is -0.532. The maximum atomic E-state index is 12.2. The van der Waals surface area contributed by atoms with Gasteiger partial charge >= 0.3 is 5.97 Å². The maximum absolute atomic E-state index is 12.2. The first-order valence-electron chi connectivity index (χ1n) is 7.20. The number of carbonyl (C=O) groups excluding carboxylic acids is 2. The Balaban J connectivity index is 2.04. The number of ether oxygens (including phenoxy) is 3. The Morgan fingerprint density at radius 2 is 1.69 bits per heavy atom. The fraction of sp³-hybridized carbons (Fsp3) is 0.176. The SMILES string of the molecule is COc1cccc(C(=O)OCC(=O)Nc2cc(Cl)c(Cl)cc2Cl)c1OC. The van der Waals surface area contributed by atoms with Gasteiger partial charge in [0.05, 0.1) is 35.0 Å². The van der Waals surface area contributed by atoms with Gasteiger partial charge in [-0.25, -0.2) is 4.79 Å². The number of carbonyl (C=O) groups is 2. The van der Waals surface area contributed by atoms with Crippen molar-refractivity contribution in [2.75, 3.05) is 26.1 Å². The molecule has 0 unspecified atom stereocenters. The number of esters is 1. The summed E-state index contributed by atoms with van der Waals surface area (Å²) in [7, 11) is 2.84. The zero-order chi connectivity index (χ0) is 19.3. The molecule has 0 heterocycles. The molecule has 0 bridgehead atoms. The summed E-state index contributed by atoms with van der Waals surface area (Å²) < 4.78 is 15.3. The van der Waals surface area contributed by atoms with Gasteiger partial charge in [0, 0.05) is 0 Å². The van der Waals surface area contributed by atoms with Crippen LogP contribution in [0.25, 0.3) is 0 Å². The van der Waals surface area contributed by atoms with Crippen LogP contribution < -0.4 is 14.8 Å². The summed E-state index contributed by atoms with van der Waals surface area (Å²) in [5.74, 6) is -0.751. The van der Waals surface area contributed by atoms with E-state index in [0.717, 1.165) is 0 Å². The molecule has 6 nitrogen and oxygen atoms in total. The molecule has 0 aliphatic carbocycles. The van der Waals surface area contributed by atoms with Gasteiger partial charge in [0.1, 0.15) is 5.56 Å². The van der Waals surface area contributed by atoms with Crippen LogP contribution in [0.1, 0.15) is 10.4 Å². The largest absolute Gasteiger partial charge is 0.493 e. The highest BCUT2D eigenvalue weighted by Gasteiger charge is 2.19. The second-order valence-electron chi connectivity index (χ2n) is 4.91. The lowest BCUT2D eigenvalue weighted by atomic mass is 10.2. The van der Waals surface area contributed by atoms with E-state index in [2.05, 4.69) is 5.32 Å². The molecule has 0 aliphatic heterocycles. The number of benzene rings is 2. The summed E-state index contributed by atoms with van der Waals surface area (Å²) >= 11 is 17.7. The van der Waals surface area contributed by atoms with E-state index in [1.165, 1.54) is 32.4 Å². The topological polar surface area (TPSA) is 73.9 Å². The first-order valence-corrected chi connectivity index (χ1v) is 8.33. The second-order valence-corrected chi connectivity index (χ2v) is 6.13. The average molecular weight is 419 g/mol. The number of anilines is 1. The molecular weight excluding hydrogens is 405 g/mol. The Bertz CT molecular complexity index is 841. The Labute approximate surface area is 164 Å². The molecule has 0 spiro atoms. The van der Waals surface area contributed by atoms with Crippen LogP contribution in [0.15, 0.2) is 30.3 Å². The van der Waals surface area contributed by atoms with Gasteiger partial charge < -0.3 is 19.5 Å². The molecule has 0 saturated carbocycles. The lowest BCUT2D eigenvalue weighted by Gasteiger charge is -2.12. The zero-order valence-electron chi connectivity index (χ0n) is 13.8. The number of methoxy groups -OCH3 is 2. The van der Waals surface area contributed by atoms with Crippen LogP contribution in [0.4, 0.5) is 5.69 Å². The normalized spacial score (nSPS) is 10.2. The smallest absolute Gasteiger partial charge is 0.342 e. The molecule has 0 aromatic heterocycles. The highest BCUT2D eigenvalue weighted by molar-refractivity contribution is 6.44. The predicted octanol–water partition coefficient (Wildman–Crippen LogP) is 4.46. The molecular formula is C17H14Cl3NO5. The molecule has 0 fully saturated rings. The van der Waals surface area contributed by atoms with E-state index in [4.69, 9.17) is 49.0 Å². The summed E-state index contributed by atoms with van der Waals surface area (Å²) in [6, 6.07) is 7.53. The summed E-state index contributed by atoms with van der Waals surface area (Å²) in [5.41, 5.74) is 0.383. The van der Waals surface area contributed by atoms with Crippen molar-refractivity contribution in [3.05, 3.63) is 51.0 Å². The van der Waals surface area contributed by atoms with E-state index in [9.17, 15) is 9.59 Å². The van der Waals surface area contributed by atoms with Gasteiger partial charge in [-0.15, -0.1) is 0 Å². The fourth-order valence-electron chi connectivity index (χ4n) is 2.06. The standard InChI is InChI=1S/C17H14Cl3NO5/c1-24-14-5-3-4-9(16(14)25-2)17(23)26-8-15(22)21-13-7-11(19)10(18)6-12(13)20/h3-7H,8H2,1-2H3,(H,21,22). The van der Waals surface area contributed by atoms with Crippen LogP contribution >= 0.6 is 34.8 Å². The zero-order valence-corrected chi connectivity index (χ0v) is 16.0. The summed E-state index contributed by atoms with van der Waals surface area (Å²) in [5, 5.41) is 3.17. The molecule has 26 heavy (non-hydrogen) atoms. The molecule has 138 valence electrons. The van der Waals surface area contributed by atoms with E-state index in [0.29, 0.717) is 5.75 Å². The van der Waals surface area contributed by atoms with Crippen molar-refractivity contribution in [1.82, 2.24) is 0 Å². The summed E-state index contributed by atoms with van der Waals surface area (Å²) in [4.78, 5) is 24.2. The number of hydrogen-bond donors (Lipinski definition) is 1. The van der Waals surface area contributed by atoms with Gasteiger partial charge in [0.25, 0.3) is 5.91 Å². The Morgan fingerprint density at radius 1 is 1.00 bits per heavy atom. The Morgan fingerprint density at radius 3 is 2.35 bits per heavy atom. The van der Waals surface area contributed by atoms with Crippen molar-refractivity contribution in [2.45, 2.75) is 0 Å². The van der Waals surface area contributed by atoms with Gasteiger partial charge in [-0.05, 0) is 24.3 Å². The second kappa shape index (κ2) is 8.98. The highest BCUT2D eigenvalue weighted by Crippen LogP contribution is 2.33. The summed E-state index contributed by atoms with van der Waals surface area (Å²) in [6.07, 6.45) is 0. The lowest BCUT2D eigenvalue weighted by molar-refractivity contribution is -0.119. The third-order valence-electron chi connectivity index (χ3n) is 3.24. The Kier molecular flexibility index (Phi) is 6.97. The minimum absolute atomic E-state index is 0.132. The van der Waals surface area contributed by atoms with Crippen molar-refractivity contribution >= 4 is 52.4 Å². The minimum atomic E-state index is -0.740. The maximum Gasteiger partial charge on any atom is 0.342 e. The van der Waals surface area contributed by atoms with Crippen molar-refractivity contribution < 1.29 is 23.8 Å². The van der Waals surface area contributed by atoms with E-state index in [1.54, 1.807) is 12.1 Å². The number of para-hydroxylation sites is 1. The minimum Gasteiger partial charge on any atom is -0.493 e. The van der Waals surface area contributed by atoms with E-state index in [1.807, 2.05) is 0 Å². The van der Waals surface area contributed by atoms with Crippen LogP contribution in [0, 0.1) is 0 Å². The first kappa shape index (κ1) is 20.2. The molecule has 9 heteroatoms. The molecule has 2 aromatic carbocycles. The van der Waals surface area contributed by atoms with Crippen LogP contribution in [-0.4, -0.2) is 32.7 Å². The molecule has 1 amide bonds. The number of rotatable bonds is 6. The monoisotopic (exact) mass is 417 g/mol. The van der Waals surface area contributed by atoms with Crippen LogP contribution in [0.5, 0.6) is 11.5 Å².